The molecule has 80 valence electrons. The Balaban J connectivity index is 4.73. The SMILES string of the molecule is CCS(=O)(=O)[C@H](C)[C@H](N)C(C)(C)C. The first-order chi connectivity index (χ1) is 5.63. The van der Waals surface area contributed by atoms with Gasteiger partial charge in [-0.05, 0) is 12.3 Å². The van der Waals surface area contributed by atoms with Crippen LogP contribution < -0.4 is 5.73 Å². The summed E-state index contributed by atoms with van der Waals surface area (Å²) < 4.78 is 23.0. The van der Waals surface area contributed by atoms with Crippen molar-refractivity contribution in [2.24, 2.45) is 11.1 Å². The maximum atomic E-state index is 11.5. The minimum absolute atomic E-state index is 0.165. The molecule has 3 nitrogen and oxygen atoms in total. The fourth-order valence-electron chi connectivity index (χ4n) is 1.19. The molecule has 0 bridgehead atoms. The zero-order valence-electron chi connectivity index (χ0n) is 9.16. The zero-order valence-corrected chi connectivity index (χ0v) is 9.98. The fourth-order valence-corrected chi connectivity index (χ4v) is 2.57. The second kappa shape index (κ2) is 3.96. The van der Waals surface area contributed by atoms with Crippen LogP contribution in [0.15, 0.2) is 0 Å². The molecule has 0 aromatic heterocycles. The second-order valence-corrected chi connectivity index (χ2v) is 7.20. The van der Waals surface area contributed by atoms with E-state index in [0.29, 0.717) is 0 Å². The monoisotopic (exact) mass is 207 g/mol. The number of rotatable bonds is 3. The highest BCUT2D eigenvalue weighted by molar-refractivity contribution is 7.92. The lowest BCUT2D eigenvalue weighted by atomic mass is 9.86. The van der Waals surface area contributed by atoms with E-state index in [0.717, 1.165) is 0 Å². The van der Waals surface area contributed by atoms with Crippen LogP contribution in [0.25, 0.3) is 0 Å². The molecule has 0 aliphatic carbocycles. The lowest BCUT2D eigenvalue weighted by Gasteiger charge is -2.31. The van der Waals surface area contributed by atoms with Crippen LogP contribution in [0, 0.1) is 5.41 Å². The molecule has 0 spiro atoms. The molecule has 0 fully saturated rings. The summed E-state index contributed by atoms with van der Waals surface area (Å²) in [6.07, 6.45) is 0. The van der Waals surface area contributed by atoms with Crippen LogP contribution in [-0.4, -0.2) is 25.5 Å². The predicted octanol–water partition coefficient (Wildman–Crippen LogP) is 1.18. The average molecular weight is 207 g/mol. The molecule has 0 unspecified atom stereocenters. The molecule has 2 atom stereocenters. The third-order valence-corrected chi connectivity index (χ3v) is 4.71. The highest BCUT2D eigenvalue weighted by Crippen LogP contribution is 2.23. The molecule has 0 aromatic carbocycles. The summed E-state index contributed by atoms with van der Waals surface area (Å²) in [5, 5.41) is -0.461. The topological polar surface area (TPSA) is 60.2 Å². The van der Waals surface area contributed by atoms with Crippen molar-refractivity contribution < 1.29 is 8.42 Å². The summed E-state index contributed by atoms with van der Waals surface area (Å²) in [6, 6.07) is -0.308. The maximum Gasteiger partial charge on any atom is 0.154 e. The largest absolute Gasteiger partial charge is 0.326 e. The van der Waals surface area contributed by atoms with E-state index in [-0.39, 0.29) is 17.2 Å². The molecule has 0 radical (unpaired) electrons. The van der Waals surface area contributed by atoms with Crippen LogP contribution in [0.2, 0.25) is 0 Å². The van der Waals surface area contributed by atoms with E-state index in [1.165, 1.54) is 0 Å². The molecule has 0 heterocycles. The average Bonchev–Trinajstić information content (AvgIpc) is 2.00. The first kappa shape index (κ1) is 12.9. The Labute approximate surface area is 81.6 Å². The standard InChI is InChI=1S/C9H21NO2S/c1-6-13(11,12)7(2)8(10)9(3,4)5/h7-8H,6,10H2,1-5H3/t7-,8+/m1/s1. The van der Waals surface area contributed by atoms with Crippen molar-refractivity contribution in [3.8, 4) is 0 Å². The lowest BCUT2D eigenvalue weighted by Crippen LogP contribution is -2.47. The molecule has 13 heavy (non-hydrogen) atoms. The summed E-state index contributed by atoms with van der Waals surface area (Å²) >= 11 is 0. The fraction of sp³-hybridized carbons (Fsp3) is 1.00. The molecule has 0 saturated heterocycles. The predicted molar refractivity (Wildman–Crippen MR) is 56.4 cm³/mol. The first-order valence-corrected chi connectivity index (χ1v) is 6.31. The summed E-state index contributed by atoms with van der Waals surface area (Å²) in [7, 11) is -3.01. The molecule has 2 N–H and O–H groups in total. The van der Waals surface area contributed by atoms with Gasteiger partial charge in [0.15, 0.2) is 9.84 Å². The second-order valence-electron chi connectivity index (χ2n) is 4.55. The van der Waals surface area contributed by atoms with Gasteiger partial charge >= 0.3 is 0 Å². The third-order valence-electron chi connectivity index (χ3n) is 2.47. The van der Waals surface area contributed by atoms with Crippen LogP contribution in [0.5, 0.6) is 0 Å². The molecular weight excluding hydrogens is 186 g/mol. The molecule has 0 aliphatic rings. The summed E-state index contributed by atoms with van der Waals surface area (Å²) in [5.41, 5.74) is 5.71. The van der Waals surface area contributed by atoms with Crippen LogP contribution in [0.1, 0.15) is 34.6 Å². The van der Waals surface area contributed by atoms with Crippen molar-refractivity contribution in [2.75, 3.05) is 5.75 Å². The molecule has 0 rings (SSSR count). The summed E-state index contributed by atoms with van der Waals surface area (Å²) in [6.45, 7) is 9.22. The van der Waals surface area contributed by atoms with E-state index in [1.54, 1.807) is 13.8 Å². The molecule has 0 amide bonds. The van der Waals surface area contributed by atoms with E-state index in [9.17, 15) is 8.42 Å². The molecular formula is C9H21NO2S. The van der Waals surface area contributed by atoms with Crippen LogP contribution in [0.4, 0.5) is 0 Å². The Bertz CT molecular complexity index is 251. The van der Waals surface area contributed by atoms with Crippen molar-refractivity contribution in [3.63, 3.8) is 0 Å². The van der Waals surface area contributed by atoms with Crippen LogP contribution >= 0.6 is 0 Å². The van der Waals surface area contributed by atoms with Crippen molar-refractivity contribution in [3.05, 3.63) is 0 Å². The van der Waals surface area contributed by atoms with Gasteiger partial charge in [-0.2, -0.15) is 0 Å². The Kier molecular flexibility index (Phi) is 3.94. The van der Waals surface area contributed by atoms with Crippen molar-refractivity contribution in [1.82, 2.24) is 0 Å². The number of hydrogen-bond acceptors (Lipinski definition) is 3. The molecule has 0 saturated carbocycles. The zero-order chi connectivity index (χ0) is 10.9. The highest BCUT2D eigenvalue weighted by atomic mass is 32.2. The van der Waals surface area contributed by atoms with E-state index >= 15 is 0 Å². The number of sulfone groups is 1. The lowest BCUT2D eigenvalue weighted by molar-refractivity contribution is 0.313. The normalized spacial score (nSPS) is 18.3. The van der Waals surface area contributed by atoms with E-state index in [4.69, 9.17) is 5.73 Å². The summed E-state index contributed by atoms with van der Waals surface area (Å²) in [4.78, 5) is 0. The van der Waals surface area contributed by atoms with Crippen LogP contribution in [-0.2, 0) is 9.84 Å². The van der Waals surface area contributed by atoms with Crippen molar-refractivity contribution in [2.45, 2.75) is 45.9 Å². The Morgan fingerprint density at radius 3 is 1.92 bits per heavy atom. The minimum atomic E-state index is -3.01. The Morgan fingerprint density at radius 1 is 1.31 bits per heavy atom. The first-order valence-electron chi connectivity index (χ1n) is 4.60. The molecule has 0 aromatic rings. The van der Waals surface area contributed by atoms with Gasteiger partial charge in [0.05, 0.1) is 5.25 Å². The number of hydrogen-bond donors (Lipinski definition) is 1. The molecule has 4 heteroatoms. The van der Waals surface area contributed by atoms with E-state index < -0.39 is 15.1 Å². The molecule has 0 aliphatic heterocycles. The Morgan fingerprint density at radius 2 is 1.69 bits per heavy atom. The van der Waals surface area contributed by atoms with Gasteiger partial charge < -0.3 is 5.73 Å². The van der Waals surface area contributed by atoms with Crippen molar-refractivity contribution in [1.29, 1.82) is 0 Å². The van der Waals surface area contributed by atoms with E-state index in [1.807, 2.05) is 20.8 Å². The van der Waals surface area contributed by atoms with Crippen molar-refractivity contribution >= 4 is 9.84 Å². The smallest absolute Gasteiger partial charge is 0.154 e. The van der Waals surface area contributed by atoms with Gasteiger partial charge in [-0.1, -0.05) is 27.7 Å². The van der Waals surface area contributed by atoms with Gasteiger partial charge in [0.1, 0.15) is 0 Å². The third kappa shape index (κ3) is 3.27. The summed E-state index contributed by atoms with van der Waals surface area (Å²) in [5.74, 6) is 0.165. The highest BCUT2D eigenvalue weighted by Gasteiger charge is 2.33. The maximum absolute atomic E-state index is 11.5. The van der Waals surface area contributed by atoms with Gasteiger partial charge in [0, 0.05) is 11.8 Å². The van der Waals surface area contributed by atoms with Gasteiger partial charge in [-0.3, -0.25) is 0 Å². The van der Waals surface area contributed by atoms with E-state index in [2.05, 4.69) is 0 Å². The quantitative estimate of drug-likeness (QED) is 0.756. The van der Waals surface area contributed by atoms with Crippen LogP contribution in [0.3, 0.4) is 0 Å². The van der Waals surface area contributed by atoms with Gasteiger partial charge in [0.25, 0.3) is 0 Å². The number of nitrogens with two attached hydrogens (primary N) is 1. The van der Waals surface area contributed by atoms with Gasteiger partial charge in [0.2, 0.25) is 0 Å². The minimum Gasteiger partial charge on any atom is -0.326 e. The van der Waals surface area contributed by atoms with Gasteiger partial charge in [-0.25, -0.2) is 8.42 Å². The van der Waals surface area contributed by atoms with Gasteiger partial charge in [-0.15, -0.1) is 0 Å². The Hall–Kier alpha value is -0.0900.